The van der Waals surface area contributed by atoms with E-state index >= 15 is 0 Å². The zero-order chi connectivity index (χ0) is 25.9. The number of unbranched alkanes of at least 4 members (excludes halogenated alkanes) is 5. The number of aldehydes is 2. The van der Waals surface area contributed by atoms with Crippen LogP contribution in [0.2, 0.25) is 0 Å². The lowest BCUT2D eigenvalue weighted by Crippen LogP contribution is -1.99. The van der Waals surface area contributed by atoms with E-state index in [2.05, 4.69) is 69.8 Å². The molecule has 0 aliphatic carbocycles. The molecule has 4 heteroatoms. The van der Waals surface area contributed by atoms with Gasteiger partial charge in [0.2, 0.25) is 0 Å². The van der Waals surface area contributed by atoms with Crippen LogP contribution in [0.4, 0.5) is 0 Å². The topological polar surface area (TPSA) is 44.0 Å². The molecule has 0 aliphatic rings. The van der Waals surface area contributed by atoms with E-state index in [1.54, 1.807) is 0 Å². The molecular weight excluding hydrogens is 468 g/mol. The van der Waals surface area contributed by atoms with Crippen molar-refractivity contribution in [2.24, 2.45) is 0 Å². The Bertz CT molecular complexity index is 1640. The third-order valence-electron chi connectivity index (χ3n) is 7.88. The van der Waals surface area contributed by atoms with Crippen LogP contribution in [0.5, 0.6) is 0 Å². The van der Waals surface area contributed by atoms with Crippen LogP contribution in [0.25, 0.3) is 43.6 Å². The Morgan fingerprint density at radius 1 is 0.447 bits per heavy atom. The Labute approximate surface area is 222 Å². The molecule has 0 saturated carbocycles. The van der Waals surface area contributed by atoms with Gasteiger partial charge in [-0.15, -0.1) is 0 Å². The van der Waals surface area contributed by atoms with Gasteiger partial charge in [0, 0.05) is 67.8 Å². The van der Waals surface area contributed by atoms with Gasteiger partial charge in [-0.25, -0.2) is 0 Å². The molecule has 0 fully saturated rings. The van der Waals surface area contributed by atoms with Gasteiger partial charge in [0.05, 0.1) is 0 Å². The molecule has 0 N–H and O–H groups in total. The Balaban J connectivity index is 1.05. The van der Waals surface area contributed by atoms with Crippen molar-refractivity contribution >= 4 is 56.2 Å². The fourth-order valence-corrected chi connectivity index (χ4v) is 6.02. The molecule has 0 bridgehead atoms. The molecule has 6 aromatic rings. The normalized spacial score (nSPS) is 11.7. The third kappa shape index (κ3) is 4.41. The summed E-state index contributed by atoms with van der Waals surface area (Å²) in [5.74, 6) is 0. The number of aromatic nitrogens is 2. The SMILES string of the molecule is O=Cc1ccc2c(c1)c1ccccc1n2CCCCCCCCn1c2ccccc2c2cc(C=O)ccc21. The standard InChI is InChI=1S/C34H32N2O2/c37-23-25-15-17-33-29(21-25)27-11-5-7-13-31(27)35(33)19-9-3-1-2-4-10-20-36-32-14-8-6-12-28(32)30-22-26(24-38)16-18-34(30)36/h5-8,11-18,21-24H,1-4,9-10,19-20H2. The fourth-order valence-electron chi connectivity index (χ4n) is 6.02. The monoisotopic (exact) mass is 500 g/mol. The third-order valence-corrected chi connectivity index (χ3v) is 7.88. The second kappa shape index (κ2) is 10.7. The van der Waals surface area contributed by atoms with Crippen LogP contribution < -0.4 is 0 Å². The number of fused-ring (bicyclic) bond motifs is 6. The predicted octanol–water partition coefficient (Wildman–Crippen LogP) is 8.57. The van der Waals surface area contributed by atoms with Gasteiger partial charge in [0.15, 0.2) is 0 Å². The second-order valence-electron chi connectivity index (χ2n) is 10.2. The minimum Gasteiger partial charge on any atom is -0.340 e. The number of benzene rings is 4. The summed E-state index contributed by atoms with van der Waals surface area (Å²) in [6.07, 6.45) is 9.05. The highest BCUT2D eigenvalue weighted by Gasteiger charge is 2.12. The first-order chi connectivity index (χ1) is 18.8. The molecule has 38 heavy (non-hydrogen) atoms. The summed E-state index contributed by atoms with van der Waals surface area (Å²) in [7, 11) is 0. The zero-order valence-corrected chi connectivity index (χ0v) is 21.6. The van der Waals surface area contributed by atoms with Gasteiger partial charge in [-0.05, 0) is 61.4 Å². The van der Waals surface area contributed by atoms with Crippen molar-refractivity contribution in [2.45, 2.75) is 51.6 Å². The molecule has 0 amide bonds. The lowest BCUT2D eigenvalue weighted by Gasteiger charge is -2.09. The number of carbonyl (C=O) groups excluding carboxylic acids is 2. The maximum atomic E-state index is 11.3. The summed E-state index contributed by atoms with van der Waals surface area (Å²) in [6.45, 7) is 1.99. The maximum absolute atomic E-state index is 11.3. The average Bonchev–Trinajstić information content (AvgIpc) is 3.46. The van der Waals surface area contributed by atoms with E-state index in [4.69, 9.17) is 0 Å². The summed E-state index contributed by atoms with van der Waals surface area (Å²) < 4.78 is 4.83. The number of para-hydroxylation sites is 2. The first-order valence-electron chi connectivity index (χ1n) is 13.7. The van der Waals surface area contributed by atoms with E-state index in [1.807, 2.05) is 24.3 Å². The summed E-state index contributed by atoms with van der Waals surface area (Å²) >= 11 is 0. The van der Waals surface area contributed by atoms with Crippen molar-refractivity contribution in [3.05, 3.63) is 96.1 Å². The highest BCUT2D eigenvalue weighted by Crippen LogP contribution is 2.31. The van der Waals surface area contributed by atoms with Gasteiger partial charge < -0.3 is 9.13 Å². The summed E-state index contributed by atoms with van der Waals surface area (Å²) in [5.41, 5.74) is 6.37. The molecule has 0 atom stereocenters. The summed E-state index contributed by atoms with van der Waals surface area (Å²) in [5, 5.41) is 4.77. The molecule has 2 aromatic heterocycles. The summed E-state index contributed by atoms with van der Waals surface area (Å²) in [4.78, 5) is 22.6. The molecular formula is C34H32N2O2. The van der Waals surface area contributed by atoms with Crippen LogP contribution in [0.15, 0.2) is 84.9 Å². The van der Waals surface area contributed by atoms with Crippen LogP contribution in [0.1, 0.15) is 59.2 Å². The molecule has 0 aliphatic heterocycles. The van der Waals surface area contributed by atoms with Crippen molar-refractivity contribution in [1.29, 1.82) is 0 Å². The predicted molar refractivity (Wildman–Crippen MR) is 157 cm³/mol. The molecule has 0 radical (unpaired) electrons. The van der Waals surface area contributed by atoms with Crippen molar-refractivity contribution in [3.63, 3.8) is 0 Å². The average molecular weight is 501 g/mol. The number of aryl methyl sites for hydroxylation is 2. The van der Waals surface area contributed by atoms with Crippen LogP contribution in [0.3, 0.4) is 0 Å². The highest BCUT2D eigenvalue weighted by molar-refractivity contribution is 6.10. The number of carbonyl (C=O) groups is 2. The van der Waals surface area contributed by atoms with Crippen LogP contribution in [0, 0.1) is 0 Å². The van der Waals surface area contributed by atoms with Crippen LogP contribution >= 0.6 is 0 Å². The van der Waals surface area contributed by atoms with Crippen LogP contribution in [-0.4, -0.2) is 21.7 Å². The van der Waals surface area contributed by atoms with Gasteiger partial charge >= 0.3 is 0 Å². The first kappa shape index (κ1) is 24.2. The van der Waals surface area contributed by atoms with E-state index in [-0.39, 0.29) is 0 Å². The molecule has 0 saturated heterocycles. The second-order valence-corrected chi connectivity index (χ2v) is 10.2. The Hall–Kier alpha value is -4.18. The van der Waals surface area contributed by atoms with Gasteiger partial charge in [-0.1, -0.05) is 62.1 Å². The Kier molecular flexibility index (Phi) is 6.78. The van der Waals surface area contributed by atoms with Gasteiger partial charge in [-0.3, -0.25) is 9.59 Å². The van der Waals surface area contributed by atoms with E-state index in [9.17, 15) is 9.59 Å². The van der Waals surface area contributed by atoms with Crippen molar-refractivity contribution in [2.75, 3.05) is 0 Å². The van der Waals surface area contributed by atoms with Crippen molar-refractivity contribution in [1.82, 2.24) is 9.13 Å². The largest absolute Gasteiger partial charge is 0.340 e. The number of hydrogen-bond donors (Lipinski definition) is 0. The molecule has 190 valence electrons. The van der Waals surface area contributed by atoms with Crippen LogP contribution in [-0.2, 0) is 13.1 Å². The Morgan fingerprint density at radius 2 is 0.842 bits per heavy atom. The summed E-state index contributed by atoms with van der Waals surface area (Å²) in [6, 6.07) is 29.1. The fraction of sp³-hybridized carbons (Fsp3) is 0.235. The molecule has 6 rings (SSSR count). The highest BCUT2D eigenvalue weighted by atomic mass is 16.1. The van der Waals surface area contributed by atoms with Gasteiger partial charge in [0.25, 0.3) is 0 Å². The Morgan fingerprint density at radius 3 is 1.29 bits per heavy atom. The van der Waals surface area contributed by atoms with E-state index in [1.165, 1.54) is 58.5 Å². The molecule has 0 unspecified atom stereocenters. The number of nitrogens with zero attached hydrogens (tertiary/aromatic N) is 2. The number of rotatable bonds is 11. The lowest BCUT2D eigenvalue weighted by molar-refractivity contribution is 0.111. The molecule has 0 spiro atoms. The first-order valence-corrected chi connectivity index (χ1v) is 13.7. The van der Waals surface area contributed by atoms with E-state index < -0.39 is 0 Å². The van der Waals surface area contributed by atoms with Gasteiger partial charge in [-0.2, -0.15) is 0 Å². The maximum Gasteiger partial charge on any atom is 0.150 e. The quantitative estimate of drug-likeness (QED) is 0.132. The van der Waals surface area contributed by atoms with E-state index in [0.29, 0.717) is 0 Å². The van der Waals surface area contributed by atoms with Gasteiger partial charge in [0.1, 0.15) is 12.6 Å². The van der Waals surface area contributed by atoms with Crippen molar-refractivity contribution in [3.8, 4) is 0 Å². The zero-order valence-electron chi connectivity index (χ0n) is 21.6. The molecule has 4 aromatic carbocycles. The lowest BCUT2D eigenvalue weighted by atomic mass is 10.1. The van der Waals surface area contributed by atoms with Crippen molar-refractivity contribution < 1.29 is 9.59 Å². The number of hydrogen-bond acceptors (Lipinski definition) is 2. The smallest absolute Gasteiger partial charge is 0.150 e. The van der Waals surface area contributed by atoms with E-state index in [0.717, 1.165) is 60.4 Å². The molecule has 4 nitrogen and oxygen atoms in total. The minimum absolute atomic E-state index is 0.729. The molecule has 2 heterocycles. The minimum atomic E-state index is 0.729.